The molecule has 1 heterocycles. The standard InChI is InChI=1S/C13H14Cl2N4O2/c1-8-17-12(13(21)16-6-3-7-20)18-19(8)11-9(14)4-2-5-10(11)15/h2,4-5,20H,3,6-7H2,1H3,(H,16,21). The Labute approximate surface area is 131 Å². The van der Waals surface area contributed by atoms with Gasteiger partial charge in [0.1, 0.15) is 11.5 Å². The number of hydrogen-bond acceptors (Lipinski definition) is 4. The van der Waals surface area contributed by atoms with E-state index in [-0.39, 0.29) is 12.4 Å². The molecule has 0 atom stereocenters. The molecule has 1 aromatic carbocycles. The van der Waals surface area contributed by atoms with Crippen LogP contribution in [0.2, 0.25) is 10.0 Å². The number of hydrogen-bond donors (Lipinski definition) is 2. The molecule has 0 fully saturated rings. The Hall–Kier alpha value is -1.63. The van der Waals surface area contributed by atoms with E-state index in [1.54, 1.807) is 25.1 Å². The van der Waals surface area contributed by atoms with Gasteiger partial charge in [-0.05, 0) is 25.5 Å². The molecule has 0 bridgehead atoms. The highest BCUT2D eigenvalue weighted by Gasteiger charge is 2.17. The first kappa shape index (κ1) is 15.8. The molecule has 0 saturated carbocycles. The second-order valence-corrected chi connectivity index (χ2v) is 5.11. The molecule has 2 rings (SSSR count). The predicted octanol–water partition coefficient (Wildman–Crippen LogP) is 1.99. The minimum absolute atomic E-state index is 0.0103. The van der Waals surface area contributed by atoms with E-state index in [9.17, 15) is 4.79 Å². The third-order valence-electron chi connectivity index (χ3n) is 2.74. The van der Waals surface area contributed by atoms with Crippen molar-refractivity contribution in [3.05, 3.63) is 39.9 Å². The van der Waals surface area contributed by atoms with Crippen molar-refractivity contribution in [1.82, 2.24) is 20.1 Å². The van der Waals surface area contributed by atoms with Crippen LogP contribution in [0, 0.1) is 6.92 Å². The van der Waals surface area contributed by atoms with E-state index in [0.717, 1.165) is 0 Å². The fourth-order valence-electron chi connectivity index (χ4n) is 1.75. The van der Waals surface area contributed by atoms with Crippen LogP contribution >= 0.6 is 23.2 Å². The Morgan fingerprint density at radius 1 is 1.38 bits per heavy atom. The van der Waals surface area contributed by atoms with Crippen molar-refractivity contribution in [2.45, 2.75) is 13.3 Å². The second kappa shape index (κ2) is 6.89. The summed E-state index contributed by atoms with van der Waals surface area (Å²) in [6.07, 6.45) is 0.474. The summed E-state index contributed by atoms with van der Waals surface area (Å²) in [5.74, 6) is 0.118. The van der Waals surface area contributed by atoms with Gasteiger partial charge in [-0.1, -0.05) is 29.3 Å². The lowest BCUT2D eigenvalue weighted by Gasteiger charge is -2.07. The Balaban J connectivity index is 2.29. The summed E-state index contributed by atoms with van der Waals surface area (Å²) < 4.78 is 1.44. The number of aliphatic hydroxyl groups is 1. The van der Waals surface area contributed by atoms with Gasteiger partial charge < -0.3 is 10.4 Å². The van der Waals surface area contributed by atoms with Crippen molar-refractivity contribution in [1.29, 1.82) is 0 Å². The van der Waals surface area contributed by atoms with Crippen LogP contribution in [0.1, 0.15) is 22.9 Å². The maximum Gasteiger partial charge on any atom is 0.290 e. The van der Waals surface area contributed by atoms with Crippen molar-refractivity contribution >= 4 is 29.1 Å². The van der Waals surface area contributed by atoms with E-state index in [1.807, 2.05) is 0 Å². The maximum atomic E-state index is 11.9. The van der Waals surface area contributed by atoms with Crippen LogP contribution in [0.4, 0.5) is 0 Å². The number of benzene rings is 1. The highest BCUT2D eigenvalue weighted by Crippen LogP contribution is 2.28. The first-order valence-corrected chi connectivity index (χ1v) is 7.07. The van der Waals surface area contributed by atoms with Crippen LogP contribution in [0.25, 0.3) is 5.69 Å². The fraction of sp³-hybridized carbons (Fsp3) is 0.308. The number of carbonyl (C=O) groups excluding carboxylic acids is 1. The number of para-hydroxylation sites is 1. The van der Waals surface area contributed by atoms with Gasteiger partial charge in [0.2, 0.25) is 5.82 Å². The SMILES string of the molecule is Cc1nc(C(=O)NCCCO)nn1-c1c(Cl)cccc1Cl. The lowest BCUT2D eigenvalue weighted by molar-refractivity contribution is 0.0941. The van der Waals surface area contributed by atoms with Crippen LogP contribution < -0.4 is 5.32 Å². The summed E-state index contributed by atoms with van der Waals surface area (Å²) in [6, 6.07) is 5.10. The molecule has 112 valence electrons. The molecule has 6 nitrogen and oxygen atoms in total. The highest BCUT2D eigenvalue weighted by molar-refractivity contribution is 6.37. The normalized spacial score (nSPS) is 10.7. The number of rotatable bonds is 5. The van der Waals surface area contributed by atoms with Crippen molar-refractivity contribution in [2.75, 3.05) is 13.2 Å². The highest BCUT2D eigenvalue weighted by atomic mass is 35.5. The summed E-state index contributed by atoms with van der Waals surface area (Å²) >= 11 is 12.3. The number of carbonyl (C=O) groups is 1. The summed E-state index contributed by atoms with van der Waals surface area (Å²) in [6.45, 7) is 2.07. The zero-order chi connectivity index (χ0) is 15.4. The number of nitrogens with zero attached hydrogens (tertiary/aromatic N) is 3. The molecule has 2 aromatic rings. The van der Waals surface area contributed by atoms with Gasteiger partial charge in [0.05, 0.1) is 10.0 Å². The van der Waals surface area contributed by atoms with Gasteiger partial charge in [-0.3, -0.25) is 4.79 Å². The molecular formula is C13H14Cl2N4O2. The summed E-state index contributed by atoms with van der Waals surface area (Å²) in [4.78, 5) is 16.0. The lowest BCUT2D eigenvalue weighted by atomic mass is 10.3. The van der Waals surface area contributed by atoms with Gasteiger partial charge in [0, 0.05) is 13.2 Å². The van der Waals surface area contributed by atoms with E-state index in [0.29, 0.717) is 34.5 Å². The van der Waals surface area contributed by atoms with Gasteiger partial charge in [-0.15, -0.1) is 5.10 Å². The Bertz CT molecular complexity index is 637. The Kier molecular flexibility index (Phi) is 5.17. The molecule has 0 aliphatic heterocycles. The molecule has 8 heteroatoms. The smallest absolute Gasteiger partial charge is 0.290 e. The van der Waals surface area contributed by atoms with E-state index >= 15 is 0 Å². The lowest BCUT2D eigenvalue weighted by Crippen LogP contribution is -2.26. The number of aliphatic hydroxyl groups excluding tert-OH is 1. The zero-order valence-corrected chi connectivity index (χ0v) is 12.8. The number of aromatic nitrogens is 3. The zero-order valence-electron chi connectivity index (χ0n) is 11.3. The molecule has 2 N–H and O–H groups in total. The predicted molar refractivity (Wildman–Crippen MR) is 80.2 cm³/mol. The van der Waals surface area contributed by atoms with Crippen LogP contribution in [0.15, 0.2) is 18.2 Å². The molecule has 0 spiro atoms. The first-order chi connectivity index (χ1) is 10.0. The van der Waals surface area contributed by atoms with Crippen LogP contribution in [-0.4, -0.2) is 38.9 Å². The molecule has 21 heavy (non-hydrogen) atoms. The second-order valence-electron chi connectivity index (χ2n) is 4.30. The van der Waals surface area contributed by atoms with Crippen LogP contribution in [0.5, 0.6) is 0 Å². The van der Waals surface area contributed by atoms with Gasteiger partial charge >= 0.3 is 0 Å². The third kappa shape index (κ3) is 3.53. The van der Waals surface area contributed by atoms with Crippen molar-refractivity contribution in [3.8, 4) is 5.69 Å². The molecule has 0 unspecified atom stereocenters. The minimum Gasteiger partial charge on any atom is -0.396 e. The van der Waals surface area contributed by atoms with Crippen LogP contribution in [0.3, 0.4) is 0 Å². The number of halogens is 2. The Morgan fingerprint density at radius 3 is 2.67 bits per heavy atom. The van der Waals surface area contributed by atoms with Crippen molar-refractivity contribution in [3.63, 3.8) is 0 Å². The quantitative estimate of drug-likeness (QED) is 0.822. The van der Waals surface area contributed by atoms with E-state index < -0.39 is 5.91 Å². The van der Waals surface area contributed by atoms with E-state index in [4.69, 9.17) is 28.3 Å². The molecule has 1 amide bonds. The summed E-state index contributed by atoms with van der Waals surface area (Å²) in [5.41, 5.74) is 0.486. The molecule has 0 aliphatic carbocycles. The minimum atomic E-state index is -0.409. The largest absolute Gasteiger partial charge is 0.396 e. The summed E-state index contributed by atoms with van der Waals surface area (Å²) in [5, 5.41) is 16.3. The van der Waals surface area contributed by atoms with E-state index in [2.05, 4.69) is 15.4 Å². The molecule has 0 radical (unpaired) electrons. The number of nitrogens with one attached hydrogen (secondary N) is 1. The number of amides is 1. The average Bonchev–Trinajstić information content (AvgIpc) is 2.81. The van der Waals surface area contributed by atoms with Gasteiger partial charge in [0.15, 0.2) is 0 Å². The molecule has 0 saturated heterocycles. The first-order valence-electron chi connectivity index (χ1n) is 6.31. The monoisotopic (exact) mass is 328 g/mol. The molecule has 1 aromatic heterocycles. The van der Waals surface area contributed by atoms with E-state index in [1.165, 1.54) is 4.68 Å². The van der Waals surface area contributed by atoms with Gasteiger partial charge in [0.25, 0.3) is 5.91 Å². The van der Waals surface area contributed by atoms with Crippen molar-refractivity contribution in [2.24, 2.45) is 0 Å². The average molecular weight is 329 g/mol. The molecular weight excluding hydrogens is 315 g/mol. The van der Waals surface area contributed by atoms with Gasteiger partial charge in [-0.2, -0.15) is 0 Å². The third-order valence-corrected chi connectivity index (χ3v) is 3.35. The topological polar surface area (TPSA) is 80.0 Å². The maximum absolute atomic E-state index is 11.9. The number of aryl methyl sites for hydroxylation is 1. The molecule has 0 aliphatic rings. The van der Waals surface area contributed by atoms with Crippen LogP contribution in [-0.2, 0) is 0 Å². The summed E-state index contributed by atoms with van der Waals surface area (Å²) in [7, 11) is 0. The Morgan fingerprint density at radius 2 is 2.05 bits per heavy atom. The van der Waals surface area contributed by atoms with Gasteiger partial charge in [-0.25, -0.2) is 9.67 Å². The fourth-order valence-corrected chi connectivity index (χ4v) is 2.31. The van der Waals surface area contributed by atoms with Crippen molar-refractivity contribution < 1.29 is 9.90 Å².